The standard InChI is InChI=1S/C20H19N3O3/c1-13-11-26-19-6-5-15(16-4-3-7-21-9-16)8-17(19)10-23(13)20(24)18-12-25-14(2)22-18/h3-9,12-13H,10-11H2,1-2H3/t13-/m0/s1. The number of ether oxygens (including phenoxy) is 1. The zero-order valence-corrected chi connectivity index (χ0v) is 14.7. The summed E-state index contributed by atoms with van der Waals surface area (Å²) >= 11 is 0. The summed E-state index contributed by atoms with van der Waals surface area (Å²) in [7, 11) is 0. The molecule has 0 fully saturated rings. The fourth-order valence-electron chi connectivity index (χ4n) is 3.08. The lowest BCUT2D eigenvalue weighted by Crippen LogP contribution is -2.40. The van der Waals surface area contributed by atoms with Crippen molar-refractivity contribution in [3.05, 3.63) is 66.1 Å². The third-order valence-corrected chi connectivity index (χ3v) is 4.51. The minimum absolute atomic E-state index is 0.0752. The molecule has 0 saturated heterocycles. The van der Waals surface area contributed by atoms with E-state index in [0.29, 0.717) is 24.7 Å². The van der Waals surface area contributed by atoms with E-state index in [1.807, 2.05) is 37.4 Å². The van der Waals surface area contributed by atoms with E-state index in [-0.39, 0.29) is 11.9 Å². The van der Waals surface area contributed by atoms with Gasteiger partial charge in [-0.15, -0.1) is 0 Å². The molecule has 0 radical (unpaired) electrons. The van der Waals surface area contributed by atoms with Gasteiger partial charge in [0, 0.05) is 30.4 Å². The fourth-order valence-corrected chi connectivity index (χ4v) is 3.08. The van der Waals surface area contributed by atoms with Crippen molar-refractivity contribution in [3.63, 3.8) is 0 Å². The molecule has 2 aromatic heterocycles. The highest BCUT2D eigenvalue weighted by Crippen LogP contribution is 2.30. The lowest BCUT2D eigenvalue weighted by atomic mass is 10.0. The van der Waals surface area contributed by atoms with Gasteiger partial charge in [0.1, 0.15) is 18.6 Å². The summed E-state index contributed by atoms with van der Waals surface area (Å²) in [4.78, 5) is 23.0. The number of hydrogen-bond donors (Lipinski definition) is 0. The highest BCUT2D eigenvalue weighted by molar-refractivity contribution is 5.92. The Hall–Kier alpha value is -3.15. The van der Waals surface area contributed by atoms with E-state index in [1.54, 1.807) is 18.0 Å². The van der Waals surface area contributed by atoms with Gasteiger partial charge in [-0.05, 0) is 30.7 Å². The molecule has 1 aliphatic rings. The first kappa shape index (κ1) is 16.3. The number of carbonyl (C=O) groups is 1. The zero-order chi connectivity index (χ0) is 18.1. The van der Waals surface area contributed by atoms with E-state index in [1.165, 1.54) is 6.26 Å². The summed E-state index contributed by atoms with van der Waals surface area (Å²) in [5, 5.41) is 0. The Labute approximate surface area is 151 Å². The number of nitrogens with zero attached hydrogens (tertiary/aromatic N) is 3. The third-order valence-electron chi connectivity index (χ3n) is 4.51. The summed E-state index contributed by atoms with van der Waals surface area (Å²) in [6, 6.07) is 9.86. The zero-order valence-electron chi connectivity index (χ0n) is 14.7. The van der Waals surface area contributed by atoms with Crippen LogP contribution in [0.5, 0.6) is 5.75 Å². The normalized spacial score (nSPS) is 16.5. The van der Waals surface area contributed by atoms with E-state index in [9.17, 15) is 4.79 Å². The van der Waals surface area contributed by atoms with Crippen LogP contribution in [0.3, 0.4) is 0 Å². The average molecular weight is 349 g/mol. The maximum atomic E-state index is 12.9. The first-order valence-electron chi connectivity index (χ1n) is 8.51. The number of fused-ring (bicyclic) bond motifs is 1. The van der Waals surface area contributed by atoms with Crippen molar-refractivity contribution < 1.29 is 13.9 Å². The van der Waals surface area contributed by atoms with Crippen molar-refractivity contribution in [2.45, 2.75) is 26.4 Å². The summed E-state index contributed by atoms with van der Waals surface area (Å²) in [5.74, 6) is 1.13. The molecule has 1 atom stereocenters. The van der Waals surface area contributed by atoms with Crippen LogP contribution < -0.4 is 4.74 Å². The van der Waals surface area contributed by atoms with E-state index in [4.69, 9.17) is 9.15 Å². The van der Waals surface area contributed by atoms with Gasteiger partial charge in [-0.2, -0.15) is 0 Å². The van der Waals surface area contributed by atoms with Crippen molar-refractivity contribution in [3.8, 4) is 16.9 Å². The van der Waals surface area contributed by atoms with Crippen LogP contribution in [0.1, 0.15) is 28.9 Å². The van der Waals surface area contributed by atoms with Gasteiger partial charge in [-0.25, -0.2) is 4.98 Å². The number of aryl methyl sites for hydroxylation is 1. The second-order valence-electron chi connectivity index (χ2n) is 6.41. The molecular formula is C20H19N3O3. The van der Waals surface area contributed by atoms with Crippen molar-refractivity contribution in [1.82, 2.24) is 14.9 Å². The van der Waals surface area contributed by atoms with Gasteiger partial charge in [0.05, 0.1) is 12.6 Å². The molecule has 0 saturated carbocycles. The third kappa shape index (κ3) is 3.06. The molecule has 0 bridgehead atoms. The van der Waals surface area contributed by atoms with Crippen molar-refractivity contribution in [2.24, 2.45) is 0 Å². The maximum absolute atomic E-state index is 12.9. The predicted molar refractivity (Wildman–Crippen MR) is 95.7 cm³/mol. The van der Waals surface area contributed by atoms with Gasteiger partial charge in [-0.1, -0.05) is 12.1 Å². The van der Waals surface area contributed by atoms with Gasteiger partial charge in [0.15, 0.2) is 11.6 Å². The van der Waals surface area contributed by atoms with Crippen molar-refractivity contribution in [1.29, 1.82) is 0 Å². The number of benzene rings is 1. The molecule has 3 aromatic rings. The van der Waals surface area contributed by atoms with Crippen LogP contribution in [0.4, 0.5) is 0 Å². The van der Waals surface area contributed by atoms with Crippen LogP contribution >= 0.6 is 0 Å². The molecule has 1 amide bonds. The van der Waals surface area contributed by atoms with Crippen molar-refractivity contribution >= 4 is 5.91 Å². The number of oxazole rings is 1. The lowest BCUT2D eigenvalue weighted by molar-refractivity contribution is 0.0639. The van der Waals surface area contributed by atoms with Crippen LogP contribution in [0, 0.1) is 6.92 Å². The highest BCUT2D eigenvalue weighted by Gasteiger charge is 2.28. The number of rotatable bonds is 2. The number of amides is 1. The Bertz CT molecular complexity index is 936. The summed E-state index contributed by atoms with van der Waals surface area (Å²) in [6.45, 7) is 4.58. The molecule has 26 heavy (non-hydrogen) atoms. The highest BCUT2D eigenvalue weighted by atomic mass is 16.5. The Morgan fingerprint density at radius 1 is 1.27 bits per heavy atom. The second-order valence-corrected chi connectivity index (χ2v) is 6.41. The van der Waals surface area contributed by atoms with Gasteiger partial charge in [0.2, 0.25) is 0 Å². The predicted octanol–water partition coefficient (Wildman–Crippen LogP) is 3.47. The molecule has 0 spiro atoms. The second kappa shape index (κ2) is 6.63. The number of aromatic nitrogens is 2. The molecule has 6 heteroatoms. The minimum Gasteiger partial charge on any atom is -0.491 e. The van der Waals surface area contributed by atoms with E-state index in [2.05, 4.69) is 16.0 Å². The van der Waals surface area contributed by atoms with Crippen LogP contribution in [-0.4, -0.2) is 33.4 Å². The summed E-state index contributed by atoms with van der Waals surface area (Å²) < 4.78 is 11.1. The Balaban J connectivity index is 1.67. The molecule has 0 aliphatic carbocycles. The molecule has 1 aromatic carbocycles. The van der Waals surface area contributed by atoms with E-state index < -0.39 is 0 Å². The van der Waals surface area contributed by atoms with Gasteiger partial charge >= 0.3 is 0 Å². The Kier molecular flexibility index (Phi) is 4.16. The molecule has 1 aliphatic heterocycles. The first-order valence-corrected chi connectivity index (χ1v) is 8.51. The molecule has 4 rings (SSSR count). The topological polar surface area (TPSA) is 68.5 Å². The molecule has 3 heterocycles. The SMILES string of the molecule is Cc1nc(C(=O)N2Cc3cc(-c4cccnc4)ccc3OC[C@@H]2C)co1. The van der Waals surface area contributed by atoms with Gasteiger partial charge in [0.25, 0.3) is 5.91 Å². The average Bonchev–Trinajstić information content (AvgIpc) is 3.03. The van der Waals surface area contributed by atoms with Crippen LogP contribution in [0.25, 0.3) is 11.1 Å². The number of pyridine rings is 1. The fraction of sp³-hybridized carbons (Fsp3) is 0.250. The lowest BCUT2D eigenvalue weighted by Gasteiger charge is -2.25. The van der Waals surface area contributed by atoms with Gasteiger partial charge in [-0.3, -0.25) is 9.78 Å². The quantitative estimate of drug-likeness (QED) is 0.709. The maximum Gasteiger partial charge on any atom is 0.276 e. The molecule has 0 unspecified atom stereocenters. The monoisotopic (exact) mass is 349 g/mol. The minimum atomic E-state index is -0.155. The Morgan fingerprint density at radius 3 is 2.88 bits per heavy atom. The Morgan fingerprint density at radius 2 is 2.15 bits per heavy atom. The molecule has 6 nitrogen and oxygen atoms in total. The summed E-state index contributed by atoms with van der Waals surface area (Å²) in [6.07, 6.45) is 4.98. The van der Waals surface area contributed by atoms with E-state index in [0.717, 1.165) is 22.4 Å². The smallest absolute Gasteiger partial charge is 0.276 e. The van der Waals surface area contributed by atoms with Crippen LogP contribution in [-0.2, 0) is 6.54 Å². The first-order chi connectivity index (χ1) is 12.6. The molecule has 132 valence electrons. The van der Waals surface area contributed by atoms with Crippen LogP contribution in [0.15, 0.2) is 53.4 Å². The van der Waals surface area contributed by atoms with Gasteiger partial charge < -0.3 is 14.1 Å². The van der Waals surface area contributed by atoms with Crippen LogP contribution in [0.2, 0.25) is 0 Å². The number of carbonyl (C=O) groups excluding carboxylic acids is 1. The summed E-state index contributed by atoms with van der Waals surface area (Å²) in [5.41, 5.74) is 3.35. The number of hydrogen-bond acceptors (Lipinski definition) is 5. The van der Waals surface area contributed by atoms with E-state index >= 15 is 0 Å². The largest absolute Gasteiger partial charge is 0.491 e. The van der Waals surface area contributed by atoms with Crippen molar-refractivity contribution in [2.75, 3.05) is 6.61 Å². The molecule has 0 N–H and O–H groups in total. The molecular weight excluding hydrogens is 330 g/mol.